The number of rotatable bonds is 3. The van der Waals surface area contributed by atoms with Crippen molar-refractivity contribution in [3.63, 3.8) is 0 Å². The second-order valence-electron chi connectivity index (χ2n) is 2.53. The van der Waals surface area contributed by atoms with Crippen LogP contribution in [0.2, 0.25) is 10.0 Å². The molecule has 1 aromatic rings. The van der Waals surface area contributed by atoms with Crippen LogP contribution < -0.4 is 0 Å². The van der Waals surface area contributed by atoms with Gasteiger partial charge in [-0.25, -0.2) is 0 Å². The Kier molecular flexibility index (Phi) is 3.86. The highest BCUT2D eigenvalue weighted by Crippen LogP contribution is 2.25. The molecule has 0 unspecified atom stereocenters. The highest BCUT2D eigenvalue weighted by atomic mass is 35.5. The van der Waals surface area contributed by atoms with Crippen LogP contribution in [0.25, 0.3) is 0 Å². The van der Waals surface area contributed by atoms with E-state index in [2.05, 4.69) is 0 Å². The molecule has 0 amide bonds. The van der Waals surface area contributed by atoms with Crippen molar-refractivity contribution in [3.8, 4) is 0 Å². The van der Waals surface area contributed by atoms with E-state index in [1.165, 1.54) is 0 Å². The van der Waals surface area contributed by atoms with Crippen LogP contribution in [-0.4, -0.2) is 11.7 Å². The number of hydrogen-bond donors (Lipinski definition) is 1. The Morgan fingerprint density at radius 3 is 2.25 bits per heavy atom. The van der Waals surface area contributed by atoms with Crippen LogP contribution in [-0.2, 0) is 6.42 Å². The third-order valence-corrected chi connectivity index (χ3v) is 2.35. The topological polar surface area (TPSA) is 20.2 Å². The van der Waals surface area contributed by atoms with E-state index in [1.807, 2.05) is 6.07 Å². The minimum atomic E-state index is 0.168. The van der Waals surface area contributed by atoms with Gasteiger partial charge in [0.1, 0.15) is 0 Å². The molecule has 1 aromatic carbocycles. The fourth-order valence-electron chi connectivity index (χ4n) is 1.03. The zero-order valence-corrected chi connectivity index (χ0v) is 8.07. The van der Waals surface area contributed by atoms with E-state index in [0.29, 0.717) is 16.5 Å². The van der Waals surface area contributed by atoms with Gasteiger partial charge in [0.15, 0.2) is 0 Å². The van der Waals surface area contributed by atoms with E-state index >= 15 is 0 Å². The molecule has 0 fully saturated rings. The van der Waals surface area contributed by atoms with Gasteiger partial charge in [-0.2, -0.15) is 0 Å². The molecule has 0 heterocycles. The molecule has 0 atom stereocenters. The number of hydrogen-bond acceptors (Lipinski definition) is 1. The lowest BCUT2D eigenvalue weighted by Crippen LogP contribution is -1.91. The summed E-state index contributed by atoms with van der Waals surface area (Å²) in [5.74, 6) is 0. The van der Waals surface area contributed by atoms with Crippen molar-refractivity contribution < 1.29 is 5.11 Å². The minimum Gasteiger partial charge on any atom is -0.396 e. The highest BCUT2D eigenvalue weighted by molar-refractivity contribution is 6.35. The quantitative estimate of drug-likeness (QED) is 0.804. The van der Waals surface area contributed by atoms with E-state index in [4.69, 9.17) is 28.3 Å². The van der Waals surface area contributed by atoms with Crippen LogP contribution in [0.15, 0.2) is 18.2 Å². The second kappa shape index (κ2) is 4.70. The predicted molar refractivity (Wildman–Crippen MR) is 51.9 cm³/mol. The molecular formula is C9H10Cl2O. The van der Waals surface area contributed by atoms with Crippen molar-refractivity contribution in [2.45, 2.75) is 12.8 Å². The summed E-state index contributed by atoms with van der Waals surface area (Å²) in [7, 11) is 0. The Morgan fingerprint density at radius 2 is 1.75 bits per heavy atom. The minimum absolute atomic E-state index is 0.168. The zero-order chi connectivity index (χ0) is 8.97. The van der Waals surface area contributed by atoms with Gasteiger partial charge >= 0.3 is 0 Å². The van der Waals surface area contributed by atoms with E-state index in [0.717, 1.165) is 12.0 Å². The third-order valence-electron chi connectivity index (χ3n) is 1.65. The van der Waals surface area contributed by atoms with Gasteiger partial charge in [-0.1, -0.05) is 29.3 Å². The van der Waals surface area contributed by atoms with E-state index < -0.39 is 0 Å². The molecule has 0 aliphatic carbocycles. The van der Waals surface area contributed by atoms with E-state index in [1.54, 1.807) is 12.1 Å². The maximum absolute atomic E-state index is 8.62. The summed E-state index contributed by atoms with van der Waals surface area (Å²) in [5, 5.41) is 9.98. The summed E-state index contributed by atoms with van der Waals surface area (Å²) in [6.45, 7) is 0.168. The molecule has 0 saturated carbocycles. The Balaban J connectivity index is 2.81. The van der Waals surface area contributed by atoms with Crippen molar-refractivity contribution in [1.29, 1.82) is 0 Å². The number of aliphatic hydroxyl groups is 1. The molecule has 0 aliphatic rings. The number of aliphatic hydroxyl groups excluding tert-OH is 1. The lowest BCUT2D eigenvalue weighted by Gasteiger charge is -2.04. The van der Waals surface area contributed by atoms with Crippen molar-refractivity contribution in [2.24, 2.45) is 0 Å². The molecule has 1 rings (SSSR count). The smallest absolute Gasteiger partial charge is 0.0452 e. The second-order valence-corrected chi connectivity index (χ2v) is 3.34. The van der Waals surface area contributed by atoms with Gasteiger partial charge in [-0.05, 0) is 30.5 Å². The molecule has 3 heteroatoms. The first-order chi connectivity index (χ1) is 5.75. The van der Waals surface area contributed by atoms with Gasteiger partial charge in [-0.15, -0.1) is 0 Å². The highest BCUT2D eigenvalue weighted by Gasteiger charge is 2.03. The average Bonchev–Trinajstić information content (AvgIpc) is 2.04. The molecule has 0 bridgehead atoms. The van der Waals surface area contributed by atoms with Gasteiger partial charge in [0.05, 0.1) is 0 Å². The maximum atomic E-state index is 8.62. The molecule has 12 heavy (non-hydrogen) atoms. The van der Waals surface area contributed by atoms with Crippen molar-refractivity contribution in [3.05, 3.63) is 33.8 Å². The maximum Gasteiger partial charge on any atom is 0.0452 e. The molecule has 66 valence electrons. The lowest BCUT2D eigenvalue weighted by molar-refractivity contribution is 0.288. The molecule has 0 radical (unpaired) electrons. The normalized spacial score (nSPS) is 10.2. The van der Waals surface area contributed by atoms with Crippen molar-refractivity contribution >= 4 is 23.2 Å². The third kappa shape index (κ3) is 2.37. The van der Waals surface area contributed by atoms with Crippen LogP contribution in [0.1, 0.15) is 12.0 Å². The van der Waals surface area contributed by atoms with Gasteiger partial charge in [0.25, 0.3) is 0 Å². The Morgan fingerprint density at radius 1 is 1.17 bits per heavy atom. The Labute approximate surface area is 81.9 Å². The van der Waals surface area contributed by atoms with Gasteiger partial charge in [-0.3, -0.25) is 0 Å². The standard InChI is InChI=1S/C9H10Cl2O/c10-8-4-1-5-9(11)7(8)3-2-6-12/h1,4-5,12H,2-3,6H2. The lowest BCUT2D eigenvalue weighted by atomic mass is 10.1. The molecule has 0 aromatic heterocycles. The fraction of sp³-hybridized carbons (Fsp3) is 0.333. The van der Waals surface area contributed by atoms with Gasteiger partial charge in [0, 0.05) is 16.7 Å². The summed E-state index contributed by atoms with van der Waals surface area (Å²) in [4.78, 5) is 0. The van der Waals surface area contributed by atoms with Crippen LogP contribution in [0.3, 0.4) is 0 Å². The first-order valence-corrected chi connectivity index (χ1v) is 4.55. The summed E-state index contributed by atoms with van der Waals surface area (Å²) in [6, 6.07) is 5.42. The van der Waals surface area contributed by atoms with Crippen LogP contribution in [0.4, 0.5) is 0 Å². The molecule has 0 saturated heterocycles. The van der Waals surface area contributed by atoms with Crippen LogP contribution in [0.5, 0.6) is 0 Å². The SMILES string of the molecule is OCCCc1c(Cl)cccc1Cl. The number of halogens is 2. The predicted octanol–water partition coefficient (Wildman–Crippen LogP) is 2.92. The van der Waals surface area contributed by atoms with E-state index in [-0.39, 0.29) is 6.61 Å². The molecule has 1 nitrogen and oxygen atoms in total. The van der Waals surface area contributed by atoms with Gasteiger partial charge in [0.2, 0.25) is 0 Å². The first-order valence-electron chi connectivity index (χ1n) is 3.79. The number of benzene rings is 1. The molecule has 0 aliphatic heterocycles. The van der Waals surface area contributed by atoms with Crippen molar-refractivity contribution in [1.82, 2.24) is 0 Å². The fourth-order valence-corrected chi connectivity index (χ4v) is 1.61. The molecular weight excluding hydrogens is 195 g/mol. The zero-order valence-electron chi connectivity index (χ0n) is 6.56. The summed E-state index contributed by atoms with van der Waals surface area (Å²) in [6.07, 6.45) is 1.43. The van der Waals surface area contributed by atoms with Crippen LogP contribution >= 0.6 is 23.2 Å². The van der Waals surface area contributed by atoms with E-state index in [9.17, 15) is 0 Å². The average molecular weight is 205 g/mol. The monoisotopic (exact) mass is 204 g/mol. The molecule has 1 N–H and O–H groups in total. The summed E-state index contributed by atoms with van der Waals surface area (Å²) >= 11 is 11.8. The van der Waals surface area contributed by atoms with Gasteiger partial charge < -0.3 is 5.11 Å². The Hall–Kier alpha value is -0.240. The van der Waals surface area contributed by atoms with Crippen molar-refractivity contribution in [2.75, 3.05) is 6.61 Å². The molecule has 0 spiro atoms. The largest absolute Gasteiger partial charge is 0.396 e. The summed E-state index contributed by atoms with van der Waals surface area (Å²) in [5.41, 5.74) is 0.926. The first kappa shape index (κ1) is 9.85. The van der Waals surface area contributed by atoms with Crippen LogP contribution in [0, 0.1) is 0 Å². The summed E-state index contributed by atoms with van der Waals surface area (Å²) < 4.78 is 0. The Bertz CT molecular complexity index is 240.